The van der Waals surface area contributed by atoms with Crippen LogP contribution >= 0.6 is 12.2 Å². The molecule has 0 aliphatic carbocycles. The molecule has 1 aromatic rings. The monoisotopic (exact) mass is 234 g/mol. The topological polar surface area (TPSA) is 0 Å². The van der Waals surface area contributed by atoms with Crippen LogP contribution in [0, 0.1) is 13.8 Å². The molecule has 0 saturated carbocycles. The number of aryl methyl sites for hydroxylation is 2. The molecule has 0 radical (unpaired) electrons. The minimum atomic E-state index is 0.984. The predicted octanol–water partition coefficient (Wildman–Crippen LogP) is 4.80. The summed E-state index contributed by atoms with van der Waals surface area (Å²) in [5.74, 6) is 0. The van der Waals surface area contributed by atoms with Crippen LogP contribution in [0.15, 0.2) is 18.2 Å². The second-order valence-electron chi connectivity index (χ2n) is 4.54. The van der Waals surface area contributed by atoms with Crippen LogP contribution in [-0.4, -0.2) is 4.86 Å². The van der Waals surface area contributed by atoms with E-state index in [1.807, 2.05) is 0 Å². The molecule has 0 aromatic heterocycles. The van der Waals surface area contributed by atoms with E-state index in [1.54, 1.807) is 0 Å². The lowest BCUT2D eigenvalue weighted by atomic mass is 9.97. The van der Waals surface area contributed by atoms with Gasteiger partial charge in [-0.1, -0.05) is 50.2 Å². The lowest BCUT2D eigenvalue weighted by molar-refractivity contribution is 0.742. The van der Waals surface area contributed by atoms with E-state index in [2.05, 4.69) is 39.0 Å². The molecule has 88 valence electrons. The van der Waals surface area contributed by atoms with E-state index in [9.17, 15) is 0 Å². The maximum Gasteiger partial charge on any atom is 0.00434 e. The summed E-state index contributed by atoms with van der Waals surface area (Å²) in [6, 6.07) is 6.47. The zero-order chi connectivity index (χ0) is 12.0. The van der Waals surface area contributed by atoms with Crippen LogP contribution in [0.3, 0.4) is 0 Å². The number of benzene rings is 1. The van der Waals surface area contributed by atoms with Crippen molar-refractivity contribution in [2.75, 3.05) is 0 Å². The molecule has 0 fully saturated rings. The normalized spacial score (nSPS) is 10.4. The Labute approximate surface area is 105 Å². The first-order chi connectivity index (χ1) is 7.65. The molecule has 0 bridgehead atoms. The Morgan fingerprint density at radius 2 is 1.75 bits per heavy atom. The summed E-state index contributed by atoms with van der Waals surface area (Å²) in [6.45, 7) is 6.59. The van der Waals surface area contributed by atoms with Gasteiger partial charge >= 0.3 is 0 Å². The Hall–Kier alpha value is -0.690. The van der Waals surface area contributed by atoms with E-state index < -0.39 is 0 Å². The molecule has 0 atom stereocenters. The van der Waals surface area contributed by atoms with Crippen molar-refractivity contribution in [2.45, 2.75) is 52.9 Å². The Balaban J connectivity index is 2.56. The molecule has 0 nitrogen and oxygen atoms in total. The summed E-state index contributed by atoms with van der Waals surface area (Å²) >= 11 is 5.47. The van der Waals surface area contributed by atoms with Crippen molar-refractivity contribution >= 4 is 17.1 Å². The van der Waals surface area contributed by atoms with E-state index in [0.29, 0.717) is 0 Å². The van der Waals surface area contributed by atoms with Crippen molar-refractivity contribution in [1.29, 1.82) is 0 Å². The van der Waals surface area contributed by atoms with Gasteiger partial charge in [0.05, 0.1) is 0 Å². The van der Waals surface area contributed by atoms with Crippen molar-refractivity contribution in [1.82, 2.24) is 0 Å². The first-order valence-corrected chi connectivity index (χ1v) is 6.62. The van der Waals surface area contributed by atoms with E-state index in [0.717, 1.165) is 12.8 Å². The Morgan fingerprint density at radius 1 is 1.12 bits per heavy atom. The Morgan fingerprint density at radius 3 is 2.31 bits per heavy atom. The molecule has 0 spiro atoms. The third-order valence-corrected chi connectivity index (χ3v) is 3.43. The maximum atomic E-state index is 5.47. The Kier molecular flexibility index (Phi) is 5.68. The van der Waals surface area contributed by atoms with Crippen molar-refractivity contribution in [3.8, 4) is 0 Å². The van der Waals surface area contributed by atoms with Gasteiger partial charge in [0, 0.05) is 6.42 Å². The molecule has 1 rings (SSSR count). The van der Waals surface area contributed by atoms with E-state index >= 15 is 0 Å². The standard InChI is InChI=1S/C15H22S/c1-4-5-6-10-14(16)11-15-12(2)8-7-9-13(15)3/h7-9H,4-6,10-11H2,1-3H3. The summed E-state index contributed by atoms with van der Waals surface area (Å²) in [4.78, 5) is 1.21. The number of hydrogen-bond acceptors (Lipinski definition) is 1. The zero-order valence-electron chi connectivity index (χ0n) is 10.7. The van der Waals surface area contributed by atoms with Gasteiger partial charge in [-0.3, -0.25) is 0 Å². The van der Waals surface area contributed by atoms with Crippen LogP contribution in [0.25, 0.3) is 0 Å². The molecule has 0 amide bonds. The van der Waals surface area contributed by atoms with Gasteiger partial charge in [0.25, 0.3) is 0 Å². The van der Waals surface area contributed by atoms with E-state index in [4.69, 9.17) is 12.2 Å². The summed E-state index contributed by atoms with van der Waals surface area (Å²) in [5.41, 5.74) is 4.18. The molecule has 0 aliphatic heterocycles. The average Bonchev–Trinajstić information content (AvgIpc) is 2.24. The number of hydrogen-bond donors (Lipinski definition) is 0. The third-order valence-electron chi connectivity index (χ3n) is 3.08. The fraction of sp³-hybridized carbons (Fsp3) is 0.533. The summed E-state index contributed by atoms with van der Waals surface area (Å²) in [5, 5.41) is 0. The first-order valence-electron chi connectivity index (χ1n) is 6.22. The molecule has 1 aromatic carbocycles. The largest absolute Gasteiger partial charge is 0.0893 e. The lowest BCUT2D eigenvalue weighted by Crippen LogP contribution is -2.03. The highest BCUT2D eigenvalue weighted by molar-refractivity contribution is 7.80. The van der Waals surface area contributed by atoms with Crippen molar-refractivity contribution in [3.63, 3.8) is 0 Å². The molecule has 0 aliphatic rings. The smallest absolute Gasteiger partial charge is 0.00434 e. The van der Waals surface area contributed by atoms with Crippen LogP contribution < -0.4 is 0 Å². The van der Waals surface area contributed by atoms with Gasteiger partial charge in [-0.25, -0.2) is 0 Å². The number of rotatable bonds is 6. The molecule has 0 N–H and O–H groups in total. The van der Waals surface area contributed by atoms with Gasteiger partial charge < -0.3 is 0 Å². The lowest BCUT2D eigenvalue weighted by Gasteiger charge is -2.10. The van der Waals surface area contributed by atoms with Gasteiger partial charge in [-0.2, -0.15) is 0 Å². The molecule has 0 heterocycles. The highest BCUT2D eigenvalue weighted by Gasteiger charge is 2.05. The molecule has 0 saturated heterocycles. The molecule has 1 heteroatoms. The number of thiocarbonyl (C=S) groups is 1. The average molecular weight is 234 g/mol. The highest BCUT2D eigenvalue weighted by atomic mass is 32.1. The SMILES string of the molecule is CCCCCC(=S)Cc1c(C)cccc1C. The Bertz CT molecular complexity index is 332. The van der Waals surface area contributed by atoms with E-state index in [-0.39, 0.29) is 0 Å². The zero-order valence-corrected chi connectivity index (χ0v) is 11.5. The minimum Gasteiger partial charge on any atom is -0.0893 e. The van der Waals surface area contributed by atoms with Crippen LogP contribution in [0.2, 0.25) is 0 Å². The second-order valence-corrected chi connectivity index (χ2v) is 5.12. The summed E-state index contributed by atoms with van der Waals surface area (Å²) in [7, 11) is 0. The maximum absolute atomic E-state index is 5.47. The molecule has 0 unspecified atom stereocenters. The fourth-order valence-electron chi connectivity index (χ4n) is 1.99. The molecular formula is C15H22S. The quantitative estimate of drug-likeness (QED) is 0.503. The third kappa shape index (κ3) is 4.05. The predicted molar refractivity (Wildman–Crippen MR) is 76.4 cm³/mol. The van der Waals surface area contributed by atoms with Crippen LogP contribution in [0.1, 0.15) is 49.3 Å². The minimum absolute atomic E-state index is 0.984. The highest BCUT2D eigenvalue weighted by Crippen LogP contribution is 2.16. The van der Waals surface area contributed by atoms with Gasteiger partial charge in [0.2, 0.25) is 0 Å². The van der Waals surface area contributed by atoms with Crippen LogP contribution in [0.4, 0.5) is 0 Å². The summed E-state index contributed by atoms with van der Waals surface area (Å²) in [6.07, 6.45) is 5.91. The van der Waals surface area contributed by atoms with Crippen molar-refractivity contribution in [2.24, 2.45) is 0 Å². The number of unbranched alkanes of at least 4 members (excludes halogenated alkanes) is 2. The molecule has 16 heavy (non-hydrogen) atoms. The fourth-order valence-corrected chi connectivity index (χ4v) is 2.27. The van der Waals surface area contributed by atoms with Crippen molar-refractivity contribution < 1.29 is 0 Å². The first kappa shape index (κ1) is 13.4. The van der Waals surface area contributed by atoms with Gasteiger partial charge in [-0.05, 0) is 48.2 Å². The van der Waals surface area contributed by atoms with Crippen LogP contribution in [0.5, 0.6) is 0 Å². The van der Waals surface area contributed by atoms with Crippen LogP contribution in [-0.2, 0) is 6.42 Å². The van der Waals surface area contributed by atoms with E-state index in [1.165, 1.54) is 40.8 Å². The molecular weight excluding hydrogens is 212 g/mol. The second kappa shape index (κ2) is 6.80. The van der Waals surface area contributed by atoms with Gasteiger partial charge in [0.15, 0.2) is 0 Å². The van der Waals surface area contributed by atoms with Gasteiger partial charge in [-0.15, -0.1) is 0 Å². The van der Waals surface area contributed by atoms with Gasteiger partial charge in [0.1, 0.15) is 0 Å². The van der Waals surface area contributed by atoms with Crippen molar-refractivity contribution in [3.05, 3.63) is 34.9 Å². The summed E-state index contributed by atoms with van der Waals surface area (Å²) < 4.78 is 0.